The van der Waals surface area contributed by atoms with Gasteiger partial charge >= 0.3 is 0 Å². The number of hydrogen-bond acceptors (Lipinski definition) is 3. The Labute approximate surface area is 140 Å². The van der Waals surface area contributed by atoms with Gasteiger partial charge in [0, 0.05) is 17.0 Å². The molecule has 122 valence electrons. The molecule has 1 aliphatic rings. The first-order valence-electron chi connectivity index (χ1n) is 8.10. The van der Waals surface area contributed by atoms with E-state index in [0.717, 1.165) is 29.1 Å². The first-order chi connectivity index (χ1) is 11.1. The fourth-order valence-corrected chi connectivity index (χ4v) is 3.97. The van der Waals surface area contributed by atoms with E-state index in [2.05, 4.69) is 17.2 Å². The molecule has 1 N–H and O–H groups in total. The van der Waals surface area contributed by atoms with Gasteiger partial charge < -0.3 is 5.32 Å². The number of aromatic nitrogens is 1. The third-order valence-electron chi connectivity index (χ3n) is 4.27. The summed E-state index contributed by atoms with van der Waals surface area (Å²) in [6, 6.07) is 6.67. The monoisotopic (exact) mass is 332 g/mol. The summed E-state index contributed by atoms with van der Waals surface area (Å²) in [5.74, 6) is 0.441. The van der Waals surface area contributed by atoms with E-state index in [4.69, 9.17) is 0 Å². The van der Waals surface area contributed by atoms with Gasteiger partial charge in [0.05, 0.1) is 12.1 Å². The molecule has 5 heteroatoms. The molecular formula is C18H21FN2OS. The quantitative estimate of drug-likeness (QED) is 0.912. The fraction of sp³-hybridized carbons (Fsp3) is 0.444. The highest BCUT2D eigenvalue weighted by Crippen LogP contribution is 2.25. The zero-order valence-electron chi connectivity index (χ0n) is 13.2. The molecule has 0 saturated heterocycles. The second-order valence-electron chi connectivity index (χ2n) is 6.37. The average molecular weight is 332 g/mol. The van der Waals surface area contributed by atoms with E-state index in [0.29, 0.717) is 12.0 Å². The van der Waals surface area contributed by atoms with Gasteiger partial charge in [0.25, 0.3) is 0 Å². The Kier molecular flexibility index (Phi) is 5.06. The molecule has 2 atom stereocenters. The highest BCUT2D eigenvalue weighted by Gasteiger charge is 2.20. The zero-order valence-corrected chi connectivity index (χ0v) is 14.0. The number of thiazole rings is 1. The van der Waals surface area contributed by atoms with Crippen LogP contribution in [-0.2, 0) is 11.2 Å². The van der Waals surface area contributed by atoms with E-state index in [9.17, 15) is 9.18 Å². The maximum Gasteiger partial charge on any atom is 0.226 e. The lowest BCUT2D eigenvalue weighted by Crippen LogP contribution is -2.38. The number of halogens is 1. The molecule has 1 aromatic carbocycles. The molecule has 0 bridgehead atoms. The molecule has 3 nitrogen and oxygen atoms in total. The van der Waals surface area contributed by atoms with Gasteiger partial charge in [-0.3, -0.25) is 4.79 Å². The molecule has 1 aromatic heterocycles. The van der Waals surface area contributed by atoms with Gasteiger partial charge in [0.15, 0.2) is 0 Å². The summed E-state index contributed by atoms with van der Waals surface area (Å²) < 4.78 is 13.3. The highest BCUT2D eigenvalue weighted by molar-refractivity contribution is 7.13. The maximum absolute atomic E-state index is 13.3. The summed E-state index contributed by atoms with van der Waals surface area (Å²) in [6.07, 6.45) is 4.87. The Bertz CT molecular complexity index is 685. The minimum atomic E-state index is -0.275. The number of nitrogens with zero attached hydrogens (tertiary/aromatic N) is 1. The molecule has 23 heavy (non-hydrogen) atoms. The van der Waals surface area contributed by atoms with Crippen molar-refractivity contribution in [2.45, 2.75) is 45.1 Å². The van der Waals surface area contributed by atoms with E-state index < -0.39 is 0 Å². The molecule has 1 fully saturated rings. The maximum atomic E-state index is 13.3. The normalized spacial score (nSPS) is 21.1. The Balaban J connectivity index is 1.59. The van der Waals surface area contributed by atoms with Crippen molar-refractivity contribution in [2.24, 2.45) is 5.92 Å². The van der Waals surface area contributed by atoms with Crippen LogP contribution < -0.4 is 5.32 Å². The molecule has 0 aliphatic heterocycles. The third-order valence-corrected chi connectivity index (χ3v) is 5.21. The van der Waals surface area contributed by atoms with Gasteiger partial charge in [-0.2, -0.15) is 0 Å². The van der Waals surface area contributed by atoms with Crippen LogP contribution in [0.5, 0.6) is 0 Å². The molecule has 1 heterocycles. The van der Waals surface area contributed by atoms with Crippen LogP contribution in [-0.4, -0.2) is 16.9 Å². The molecule has 1 aliphatic carbocycles. The van der Waals surface area contributed by atoms with Crippen LogP contribution in [0, 0.1) is 11.7 Å². The smallest absolute Gasteiger partial charge is 0.226 e. The van der Waals surface area contributed by atoms with Crippen molar-refractivity contribution in [3.63, 3.8) is 0 Å². The van der Waals surface area contributed by atoms with E-state index in [1.807, 2.05) is 11.4 Å². The second-order valence-corrected chi connectivity index (χ2v) is 7.23. The van der Waals surface area contributed by atoms with Gasteiger partial charge in [0.1, 0.15) is 10.8 Å². The lowest BCUT2D eigenvalue weighted by molar-refractivity contribution is -0.121. The summed E-state index contributed by atoms with van der Waals surface area (Å²) in [5, 5.41) is 5.75. The van der Waals surface area contributed by atoms with Crippen molar-refractivity contribution in [3.8, 4) is 10.6 Å². The number of benzene rings is 1. The summed E-state index contributed by atoms with van der Waals surface area (Å²) >= 11 is 1.44. The van der Waals surface area contributed by atoms with Crippen LogP contribution in [0.3, 0.4) is 0 Å². The van der Waals surface area contributed by atoms with E-state index in [-0.39, 0.29) is 18.1 Å². The van der Waals surface area contributed by atoms with Gasteiger partial charge in [-0.15, -0.1) is 11.3 Å². The number of amides is 1. The predicted octanol–water partition coefficient (Wildman–Crippen LogP) is 4.19. The first-order valence-corrected chi connectivity index (χ1v) is 8.98. The average Bonchev–Trinajstić information content (AvgIpc) is 2.95. The van der Waals surface area contributed by atoms with Crippen molar-refractivity contribution >= 4 is 17.2 Å². The summed E-state index contributed by atoms with van der Waals surface area (Å²) in [5.41, 5.74) is 1.50. The van der Waals surface area contributed by atoms with Crippen molar-refractivity contribution in [2.75, 3.05) is 0 Å². The van der Waals surface area contributed by atoms with Crippen LogP contribution in [0.1, 0.15) is 38.3 Å². The standard InChI is InChI=1S/C18H21FN2OS/c1-12-4-2-7-15(8-12)20-17(22)10-16-11-23-18(21-16)13-5-3-6-14(19)9-13/h3,5-6,9,11-12,15H,2,4,7-8,10H2,1H3,(H,20,22). The molecule has 0 spiro atoms. The van der Waals surface area contributed by atoms with E-state index in [1.54, 1.807) is 6.07 Å². The SMILES string of the molecule is CC1CCCC(NC(=O)Cc2csc(-c3cccc(F)c3)n2)C1. The highest BCUT2D eigenvalue weighted by atomic mass is 32.1. The molecular weight excluding hydrogens is 311 g/mol. The van der Waals surface area contributed by atoms with Gasteiger partial charge in [-0.1, -0.05) is 31.9 Å². The van der Waals surface area contributed by atoms with Crippen LogP contribution in [0.15, 0.2) is 29.6 Å². The molecule has 2 unspecified atom stereocenters. The number of carbonyl (C=O) groups is 1. The van der Waals surface area contributed by atoms with Crippen molar-refractivity contribution < 1.29 is 9.18 Å². The first kappa shape index (κ1) is 16.1. The summed E-state index contributed by atoms with van der Waals surface area (Å²) in [4.78, 5) is 16.6. The fourth-order valence-electron chi connectivity index (χ4n) is 3.15. The Morgan fingerprint density at radius 2 is 2.30 bits per heavy atom. The summed E-state index contributed by atoms with van der Waals surface area (Å²) in [6.45, 7) is 2.24. The van der Waals surface area contributed by atoms with Crippen LogP contribution in [0.25, 0.3) is 10.6 Å². The largest absolute Gasteiger partial charge is 0.353 e. The van der Waals surface area contributed by atoms with Gasteiger partial charge in [-0.05, 0) is 30.9 Å². The Morgan fingerprint density at radius 3 is 3.09 bits per heavy atom. The van der Waals surface area contributed by atoms with Crippen molar-refractivity contribution in [1.29, 1.82) is 0 Å². The van der Waals surface area contributed by atoms with Crippen LogP contribution in [0.2, 0.25) is 0 Å². The molecule has 0 radical (unpaired) electrons. The van der Waals surface area contributed by atoms with Crippen molar-refractivity contribution in [1.82, 2.24) is 10.3 Å². The zero-order chi connectivity index (χ0) is 16.2. The number of rotatable bonds is 4. The third kappa shape index (κ3) is 4.38. The lowest BCUT2D eigenvalue weighted by Gasteiger charge is -2.27. The van der Waals surface area contributed by atoms with E-state index >= 15 is 0 Å². The van der Waals surface area contributed by atoms with Crippen LogP contribution >= 0.6 is 11.3 Å². The van der Waals surface area contributed by atoms with Crippen LogP contribution in [0.4, 0.5) is 4.39 Å². The number of hydrogen-bond donors (Lipinski definition) is 1. The Morgan fingerprint density at radius 1 is 1.43 bits per heavy atom. The van der Waals surface area contributed by atoms with Gasteiger partial charge in [0.2, 0.25) is 5.91 Å². The molecule has 1 saturated carbocycles. The predicted molar refractivity (Wildman–Crippen MR) is 90.8 cm³/mol. The summed E-state index contributed by atoms with van der Waals surface area (Å²) in [7, 11) is 0. The number of nitrogens with one attached hydrogen (secondary N) is 1. The molecule has 2 aromatic rings. The van der Waals surface area contributed by atoms with E-state index in [1.165, 1.54) is 36.3 Å². The minimum Gasteiger partial charge on any atom is -0.353 e. The molecule has 1 amide bonds. The van der Waals surface area contributed by atoms with Crippen molar-refractivity contribution in [3.05, 3.63) is 41.2 Å². The topological polar surface area (TPSA) is 42.0 Å². The minimum absolute atomic E-state index is 0.0280. The number of carbonyl (C=O) groups excluding carboxylic acids is 1. The van der Waals surface area contributed by atoms with Gasteiger partial charge in [-0.25, -0.2) is 9.37 Å². The molecule has 3 rings (SSSR count). The lowest BCUT2D eigenvalue weighted by atomic mass is 9.87. The second kappa shape index (κ2) is 7.21. The Hall–Kier alpha value is -1.75.